The molecule has 1 amide bonds. The molecule has 0 saturated heterocycles. The van der Waals surface area contributed by atoms with Crippen LogP contribution >= 0.6 is 0 Å². The second-order valence-electron chi connectivity index (χ2n) is 5.94. The highest BCUT2D eigenvalue weighted by molar-refractivity contribution is 5.98. The molecular formula is C21H20FNO3. The van der Waals surface area contributed by atoms with Crippen molar-refractivity contribution in [2.24, 2.45) is 0 Å². The lowest BCUT2D eigenvalue weighted by Gasteiger charge is -2.30. The van der Waals surface area contributed by atoms with E-state index in [9.17, 15) is 9.18 Å². The number of hydrogen-bond acceptors (Lipinski definition) is 3. The Morgan fingerprint density at radius 2 is 1.81 bits per heavy atom. The number of methoxy groups -OCH3 is 2. The molecule has 2 aromatic rings. The first-order valence-corrected chi connectivity index (χ1v) is 8.23. The van der Waals surface area contributed by atoms with Gasteiger partial charge in [-0.25, -0.2) is 4.39 Å². The maximum Gasteiger partial charge on any atom is 0.250 e. The van der Waals surface area contributed by atoms with E-state index in [0.717, 1.165) is 16.7 Å². The van der Waals surface area contributed by atoms with Gasteiger partial charge in [0, 0.05) is 23.9 Å². The number of hydrogen-bond donors (Lipinski definition) is 0. The number of carbonyl (C=O) groups excluding carboxylic acids is 1. The molecule has 0 fully saturated rings. The molecule has 0 radical (unpaired) electrons. The Morgan fingerprint density at radius 1 is 1.15 bits per heavy atom. The highest BCUT2D eigenvalue weighted by Gasteiger charge is 2.25. The molecule has 5 heteroatoms. The Labute approximate surface area is 152 Å². The monoisotopic (exact) mass is 353 g/mol. The average Bonchev–Trinajstić information content (AvgIpc) is 2.66. The zero-order valence-corrected chi connectivity index (χ0v) is 14.8. The maximum atomic E-state index is 13.0. The molecule has 0 N–H and O–H groups in total. The number of amides is 1. The van der Waals surface area contributed by atoms with Crippen LogP contribution in [-0.2, 0) is 11.2 Å². The summed E-state index contributed by atoms with van der Waals surface area (Å²) in [6.45, 7) is 4.62. The van der Waals surface area contributed by atoms with Gasteiger partial charge in [-0.2, -0.15) is 0 Å². The summed E-state index contributed by atoms with van der Waals surface area (Å²) < 4.78 is 23.6. The standard InChI is InChI=1S/C21H20FNO3/c1-14-18-13-20(26-3)19(25-2)12-16(18)10-11-23(14)21(24)9-6-15-4-7-17(22)8-5-15/h4-9,12-13H,1,10-11H2,2-3H3/b9-6+. The van der Waals surface area contributed by atoms with Crippen molar-refractivity contribution in [2.75, 3.05) is 20.8 Å². The molecule has 1 aliphatic heterocycles. The van der Waals surface area contributed by atoms with Gasteiger partial charge in [-0.1, -0.05) is 18.7 Å². The second kappa shape index (κ2) is 7.44. The van der Waals surface area contributed by atoms with E-state index in [1.54, 1.807) is 37.3 Å². The number of ether oxygens (including phenoxy) is 2. The quantitative estimate of drug-likeness (QED) is 0.782. The summed E-state index contributed by atoms with van der Waals surface area (Å²) in [6, 6.07) is 9.74. The molecule has 0 unspecified atom stereocenters. The molecule has 0 saturated carbocycles. The number of carbonyl (C=O) groups is 1. The molecule has 0 aromatic heterocycles. The van der Waals surface area contributed by atoms with Gasteiger partial charge < -0.3 is 14.4 Å². The molecule has 1 aliphatic rings. The van der Waals surface area contributed by atoms with E-state index in [4.69, 9.17) is 9.47 Å². The normalized spacial score (nSPS) is 13.7. The van der Waals surface area contributed by atoms with E-state index in [1.165, 1.54) is 18.2 Å². The first kappa shape index (κ1) is 17.7. The van der Waals surface area contributed by atoms with Crippen molar-refractivity contribution in [2.45, 2.75) is 6.42 Å². The first-order valence-electron chi connectivity index (χ1n) is 8.23. The molecule has 4 nitrogen and oxygen atoms in total. The molecule has 0 aliphatic carbocycles. The van der Waals surface area contributed by atoms with Gasteiger partial charge in [0.2, 0.25) is 0 Å². The molecule has 2 aromatic carbocycles. The Balaban J connectivity index is 1.82. The van der Waals surface area contributed by atoms with Crippen LogP contribution in [0.25, 0.3) is 11.8 Å². The van der Waals surface area contributed by atoms with E-state index >= 15 is 0 Å². The van der Waals surface area contributed by atoms with Crippen LogP contribution in [0, 0.1) is 5.82 Å². The molecule has 26 heavy (non-hydrogen) atoms. The van der Waals surface area contributed by atoms with Crippen LogP contribution in [0.2, 0.25) is 0 Å². The lowest BCUT2D eigenvalue weighted by atomic mass is 9.96. The summed E-state index contributed by atoms with van der Waals surface area (Å²) >= 11 is 0. The van der Waals surface area contributed by atoms with Crippen LogP contribution in [0.3, 0.4) is 0 Å². The summed E-state index contributed by atoms with van der Waals surface area (Å²) in [5, 5.41) is 0. The number of benzene rings is 2. The summed E-state index contributed by atoms with van der Waals surface area (Å²) in [5.74, 6) is 0.789. The SMILES string of the molecule is C=C1c2cc(OC)c(OC)cc2CCN1C(=O)/C=C/c1ccc(F)cc1. The van der Waals surface area contributed by atoms with Gasteiger partial charge in [-0.05, 0) is 47.9 Å². The van der Waals surface area contributed by atoms with E-state index in [1.807, 2.05) is 12.1 Å². The minimum atomic E-state index is -0.307. The third-order valence-corrected chi connectivity index (χ3v) is 4.41. The van der Waals surface area contributed by atoms with E-state index in [0.29, 0.717) is 30.2 Å². The molecule has 3 rings (SSSR count). The number of fused-ring (bicyclic) bond motifs is 1. The number of halogens is 1. The summed E-state index contributed by atoms with van der Waals surface area (Å²) in [4.78, 5) is 14.2. The van der Waals surface area contributed by atoms with Crippen molar-refractivity contribution in [1.29, 1.82) is 0 Å². The van der Waals surface area contributed by atoms with E-state index < -0.39 is 0 Å². The van der Waals surface area contributed by atoms with Gasteiger partial charge in [0.15, 0.2) is 11.5 Å². The van der Waals surface area contributed by atoms with E-state index in [2.05, 4.69) is 6.58 Å². The molecule has 0 spiro atoms. The second-order valence-corrected chi connectivity index (χ2v) is 5.94. The lowest BCUT2D eigenvalue weighted by molar-refractivity contribution is -0.123. The molecule has 0 bridgehead atoms. The van der Waals surface area contributed by atoms with Crippen LogP contribution in [-0.4, -0.2) is 31.6 Å². The van der Waals surface area contributed by atoms with Crippen LogP contribution < -0.4 is 9.47 Å². The van der Waals surface area contributed by atoms with Gasteiger partial charge >= 0.3 is 0 Å². The molecule has 134 valence electrons. The summed E-state index contributed by atoms with van der Waals surface area (Å²) in [7, 11) is 3.17. The fourth-order valence-corrected chi connectivity index (χ4v) is 2.98. The van der Waals surface area contributed by atoms with Crippen molar-refractivity contribution in [3.8, 4) is 11.5 Å². The highest BCUT2D eigenvalue weighted by Crippen LogP contribution is 2.37. The summed E-state index contributed by atoms with van der Waals surface area (Å²) in [5.41, 5.74) is 3.33. The largest absolute Gasteiger partial charge is 0.493 e. The minimum Gasteiger partial charge on any atom is -0.493 e. The van der Waals surface area contributed by atoms with Crippen molar-refractivity contribution in [3.63, 3.8) is 0 Å². The fraction of sp³-hybridized carbons (Fsp3) is 0.190. The van der Waals surface area contributed by atoms with Crippen LogP contribution in [0.15, 0.2) is 49.1 Å². The predicted molar refractivity (Wildman–Crippen MR) is 99.4 cm³/mol. The van der Waals surface area contributed by atoms with Gasteiger partial charge in [-0.3, -0.25) is 4.79 Å². The maximum absolute atomic E-state index is 13.0. The van der Waals surface area contributed by atoms with Crippen LogP contribution in [0.5, 0.6) is 11.5 Å². The van der Waals surface area contributed by atoms with Crippen molar-refractivity contribution >= 4 is 17.7 Å². The Kier molecular flexibility index (Phi) is 5.07. The van der Waals surface area contributed by atoms with Gasteiger partial charge in [0.05, 0.1) is 14.2 Å². The van der Waals surface area contributed by atoms with E-state index in [-0.39, 0.29) is 11.7 Å². The molecule has 0 atom stereocenters. The topological polar surface area (TPSA) is 38.8 Å². The predicted octanol–water partition coefficient (Wildman–Crippen LogP) is 3.91. The third-order valence-electron chi connectivity index (χ3n) is 4.41. The van der Waals surface area contributed by atoms with Crippen molar-refractivity contribution < 1.29 is 18.7 Å². The minimum absolute atomic E-state index is 0.167. The molecular weight excluding hydrogens is 333 g/mol. The zero-order chi connectivity index (χ0) is 18.7. The molecule has 1 heterocycles. The fourth-order valence-electron chi connectivity index (χ4n) is 2.98. The smallest absolute Gasteiger partial charge is 0.250 e. The van der Waals surface area contributed by atoms with Gasteiger partial charge in [0.25, 0.3) is 5.91 Å². The van der Waals surface area contributed by atoms with Crippen molar-refractivity contribution in [1.82, 2.24) is 4.90 Å². The zero-order valence-electron chi connectivity index (χ0n) is 14.8. The van der Waals surface area contributed by atoms with Crippen molar-refractivity contribution in [3.05, 3.63) is 71.6 Å². The first-order chi connectivity index (χ1) is 12.5. The van der Waals surface area contributed by atoms with Gasteiger partial charge in [-0.15, -0.1) is 0 Å². The number of rotatable bonds is 4. The Morgan fingerprint density at radius 3 is 2.46 bits per heavy atom. The lowest BCUT2D eigenvalue weighted by Crippen LogP contribution is -2.33. The average molecular weight is 353 g/mol. The van der Waals surface area contributed by atoms with Crippen LogP contribution in [0.1, 0.15) is 16.7 Å². The summed E-state index contributed by atoms with van der Waals surface area (Å²) in [6.07, 6.45) is 3.84. The van der Waals surface area contributed by atoms with Gasteiger partial charge in [0.1, 0.15) is 5.82 Å². The third kappa shape index (κ3) is 3.47. The Bertz CT molecular complexity index is 872. The Hall–Kier alpha value is -3.08. The van der Waals surface area contributed by atoms with Crippen LogP contribution in [0.4, 0.5) is 4.39 Å². The highest BCUT2D eigenvalue weighted by atomic mass is 19.1. The number of nitrogens with zero attached hydrogens (tertiary/aromatic N) is 1.